The lowest BCUT2D eigenvalue weighted by atomic mass is 10.1. The van der Waals surface area contributed by atoms with E-state index >= 15 is 0 Å². The van der Waals surface area contributed by atoms with Crippen LogP contribution in [0, 0.1) is 6.92 Å². The average molecular weight is 425 g/mol. The number of carboxylic acid groups (broad SMARTS) is 1. The van der Waals surface area contributed by atoms with E-state index in [1.165, 1.54) is 24.3 Å². The molecule has 3 N–H and O–H groups in total. The van der Waals surface area contributed by atoms with E-state index in [1.54, 1.807) is 31.4 Å². The minimum Gasteiger partial charge on any atom is -0.488 e. The van der Waals surface area contributed by atoms with Crippen LogP contribution in [0.1, 0.15) is 33.3 Å². The van der Waals surface area contributed by atoms with Gasteiger partial charge in [-0.05, 0) is 50.2 Å². The first-order valence-corrected chi connectivity index (χ1v) is 9.49. The third kappa shape index (κ3) is 6.06. The molecule has 162 valence electrons. The van der Waals surface area contributed by atoms with Crippen molar-refractivity contribution < 1.29 is 28.9 Å². The number of hydrogen-bond acceptors (Lipinski definition) is 6. The molecule has 0 fully saturated rings. The lowest BCUT2D eigenvalue weighted by Crippen LogP contribution is -2.18. The zero-order chi connectivity index (χ0) is 22.4. The van der Waals surface area contributed by atoms with Gasteiger partial charge in [-0.2, -0.15) is 5.10 Å². The summed E-state index contributed by atoms with van der Waals surface area (Å²) in [4.78, 5) is 23.8. The van der Waals surface area contributed by atoms with E-state index in [-0.39, 0.29) is 17.6 Å². The molecule has 0 unspecified atom stereocenters. The van der Waals surface area contributed by atoms with Gasteiger partial charge in [0.2, 0.25) is 0 Å². The standard InChI is InChI=1S/C22H23N3O6/c1-13-8-20(25-24-13)23-21(26)16-9-18(30-14(2)12-29-3)11-19(10-16)31-17-6-4-15(5-7-17)22(27)28/h4-11,14H,12H2,1-3H3,(H,27,28)(H2,23,24,25,26)/t14-/m0/s1. The summed E-state index contributed by atoms with van der Waals surface area (Å²) in [5.74, 6) is 0.180. The molecule has 9 nitrogen and oxygen atoms in total. The number of amides is 1. The topological polar surface area (TPSA) is 123 Å². The Morgan fingerprint density at radius 1 is 1.06 bits per heavy atom. The number of aryl methyl sites for hydroxylation is 1. The molecule has 3 rings (SSSR count). The highest BCUT2D eigenvalue weighted by molar-refractivity contribution is 6.04. The maximum absolute atomic E-state index is 12.7. The van der Waals surface area contributed by atoms with Gasteiger partial charge >= 0.3 is 5.97 Å². The number of aromatic nitrogens is 2. The van der Waals surface area contributed by atoms with E-state index in [9.17, 15) is 9.59 Å². The second-order valence-electron chi connectivity index (χ2n) is 6.90. The molecular weight excluding hydrogens is 402 g/mol. The number of aromatic amines is 1. The zero-order valence-electron chi connectivity index (χ0n) is 17.3. The molecule has 9 heteroatoms. The number of nitrogens with zero attached hydrogens (tertiary/aromatic N) is 1. The number of nitrogens with one attached hydrogen (secondary N) is 2. The number of ether oxygens (including phenoxy) is 3. The Balaban J connectivity index is 1.86. The van der Waals surface area contributed by atoms with Gasteiger partial charge in [-0.15, -0.1) is 0 Å². The fraction of sp³-hybridized carbons (Fsp3) is 0.227. The van der Waals surface area contributed by atoms with Gasteiger partial charge in [0.15, 0.2) is 5.82 Å². The minimum absolute atomic E-state index is 0.146. The Hall–Kier alpha value is -3.85. The number of methoxy groups -OCH3 is 1. The number of carboxylic acids is 1. The molecule has 0 spiro atoms. The highest BCUT2D eigenvalue weighted by Gasteiger charge is 2.14. The van der Waals surface area contributed by atoms with Crippen molar-refractivity contribution in [2.45, 2.75) is 20.0 Å². The Morgan fingerprint density at radius 2 is 1.77 bits per heavy atom. The summed E-state index contributed by atoms with van der Waals surface area (Å²) in [6.07, 6.45) is -0.250. The first-order chi connectivity index (χ1) is 14.8. The highest BCUT2D eigenvalue weighted by Crippen LogP contribution is 2.29. The van der Waals surface area contributed by atoms with Crippen molar-refractivity contribution in [2.24, 2.45) is 0 Å². The maximum Gasteiger partial charge on any atom is 0.335 e. The highest BCUT2D eigenvalue weighted by atomic mass is 16.5. The van der Waals surface area contributed by atoms with Crippen LogP contribution in [0.2, 0.25) is 0 Å². The van der Waals surface area contributed by atoms with Crippen LogP contribution in [0.15, 0.2) is 48.5 Å². The van der Waals surface area contributed by atoms with Crippen LogP contribution >= 0.6 is 0 Å². The third-order valence-corrected chi connectivity index (χ3v) is 4.17. The molecule has 3 aromatic rings. The van der Waals surface area contributed by atoms with Gasteiger partial charge in [-0.3, -0.25) is 9.89 Å². The molecule has 0 saturated carbocycles. The van der Waals surface area contributed by atoms with E-state index in [0.717, 1.165) is 5.69 Å². The zero-order valence-corrected chi connectivity index (χ0v) is 17.3. The second kappa shape index (κ2) is 9.77. The normalized spacial score (nSPS) is 11.6. The van der Waals surface area contributed by atoms with Crippen molar-refractivity contribution in [3.05, 3.63) is 65.4 Å². The average Bonchev–Trinajstić information content (AvgIpc) is 3.13. The predicted molar refractivity (Wildman–Crippen MR) is 113 cm³/mol. The van der Waals surface area contributed by atoms with Crippen LogP contribution < -0.4 is 14.8 Å². The summed E-state index contributed by atoms with van der Waals surface area (Å²) >= 11 is 0. The van der Waals surface area contributed by atoms with Gasteiger partial charge < -0.3 is 24.6 Å². The van der Waals surface area contributed by atoms with Crippen LogP contribution in [-0.2, 0) is 4.74 Å². The second-order valence-corrected chi connectivity index (χ2v) is 6.90. The Bertz CT molecular complexity index is 1060. The fourth-order valence-corrected chi connectivity index (χ4v) is 2.80. The third-order valence-electron chi connectivity index (χ3n) is 4.17. The first-order valence-electron chi connectivity index (χ1n) is 9.49. The van der Waals surface area contributed by atoms with E-state index in [2.05, 4.69) is 15.5 Å². The van der Waals surface area contributed by atoms with Crippen LogP contribution in [-0.4, -0.2) is 47.0 Å². The Morgan fingerprint density at radius 3 is 2.39 bits per heavy atom. The molecule has 1 amide bonds. The molecule has 1 atom stereocenters. The lowest BCUT2D eigenvalue weighted by molar-refractivity contribution is 0.0696. The van der Waals surface area contributed by atoms with Crippen LogP contribution in [0.3, 0.4) is 0 Å². The summed E-state index contributed by atoms with van der Waals surface area (Å²) in [7, 11) is 1.57. The van der Waals surface area contributed by atoms with Crippen LogP contribution in [0.5, 0.6) is 17.2 Å². The molecule has 0 aliphatic heterocycles. The number of benzene rings is 2. The van der Waals surface area contributed by atoms with Crippen LogP contribution in [0.25, 0.3) is 0 Å². The molecule has 31 heavy (non-hydrogen) atoms. The van der Waals surface area contributed by atoms with Crippen molar-refractivity contribution in [1.82, 2.24) is 10.2 Å². The van der Waals surface area contributed by atoms with E-state index in [0.29, 0.717) is 35.2 Å². The van der Waals surface area contributed by atoms with Gasteiger partial charge in [0.25, 0.3) is 5.91 Å². The van der Waals surface area contributed by atoms with E-state index in [1.807, 2.05) is 13.8 Å². The molecule has 2 aromatic carbocycles. The molecular formula is C22H23N3O6. The molecule has 0 bridgehead atoms. The molecule has 1 heterocycles. The Kier molecular flexibility index (Phi) is 6.88. The van der Waals surface area contributed by atoms with Gasteiger partial charge in [0.05, 0.1) is 12.2 Å². The number of anilines is 1. The quantitative estimate of drug-likeness (QED) is 0.475. The summed E-state index contributed by atoms with van der Waals surface area (Å²) < 4.78 is 16.8. The molecule has 0 radical (unpaired) electrons. The maximum atomic E-state index is 12.7. The number of rotatable bonds is 9. The van der Waals surface area contributed by atoms with E-state index < -0.39 is 5.97 Å². The smallest absolute Gasteiger partial charge is 0.335 e. The monoisotopic (exact) mass is 425 g/mol. The summed E-state index contributed by atoms with van der Waals surface area (Å²) in [6, 6.07) is 12.5. The molecule has 0 aliphatic carbocycles. The summed E-state index contributed by atoms with van der Waals surface area (Å²) in [6.45, 7) is 4.04. The van der Waals surface area contributed by atoms with Gasteiger partial charge in [-0.1, -0.05) is 0 Å². The number of H-pyrrole nitrogens is 1. The van der Waals surface area contributed by atoms with Crippen molar-refractivity contribution in [3.63, 3.8) is 0 Å². The summed E-state index contributed by atoms with van der Waals surface area (Å²) in [5.41, 5.74) is 1.27. The lowest BCUT2D eigenvalue weighted by Gasteiger charge is -2.16. The van der Waals surface area contributed by atoms with Crippen LogP contribution in [0.4, 0.5) is 5.82 Å². The first kappa shape index (κ1) is 21.8. The molecule has 0 aliphatic rings. The SMILES string of the molecule is COC[C@H](C)Oc1cc(Oc2ccc(C(=O)O)cc2)cc(C(=O)Nc2cc(C)[nH]n2)c1. The Labute approximate surface area is 179 Å². The number of carbonyl (C=O) groups excluding carboxylic acids is 1. The fourth-order valence-electron chi connectivity index (χ4n) is 2.80. The largest absolute Gasteiger partial charge is 0.488 e. The van der Waals surface area contributed by atoms with E-state index in [4.69, 9.17) is 19.3 Å². The minimum atomic E-state index is -1.03. The number of carbonyl (C=O) groups is 2. The van der Waals surface area contributed by atoms with Crippen molar-refractivity contribution in [3.8, 4) is 17.2 Å². The van der Waals surface area contributed by atoms with Gasteiger partial charge in [0.1, 0.15) is 23.4 Å². The predicted octanol–water partition coefficient (Wildman–Crippen LogP) is 3.87. The van der Waals surface area contributed by atoms with Gasteiger partial charge in [0, 0.05) is 30.5 Å². The molecule has 0 saturated heterocycles. The van der Waals surface area contributed by atoms with Crippen molar-refractivity contribution >= 4 is 17.7 Å². The molecule has 1 aromatic heterocycles. The van der Waals surface area contributed by atoms with Crippen molar-refractivity contribution in [1.29, 1.82) is 0 Å². The number of hydrogen-bond donors (Lipinski definition) is 3. The van der Waals surface area contributed by atoms with Gasteiger partial charge in [-0.25, -0.2) is 4.79 Å². The summed E-state index contributed by atoms with van der Waals surface area (Å²) in [5, 5.41) is 18.5. The van der Waals surface area contributed by atoms with Crippen molar-refractivity contribution in [2.75, 3.05) is 19.0 Å². The number of aromatic carboxylic acids is 1.